The van der Waals surface area contributed by atoms with E-state index in [0.717, 1.165) is 43.7 Å². The molecule has 1 rings (SSSR count). The fourth-order valence-corrected chi connectivity index (χ4v) is 2.87. The average Bonchev–Trinajstić information content (AvgIpc) is 2.65. The van der Waals surface area contributed by atoms with Crippen molar-refractivity contribution >= 4 is 11.8 Å². The number of unbranched alkanes of at least 4 members (excludes halogenated alkanes) is 1. The van der Waals surface area contributed by atoms with Gasteiger partial charge in [-0.15, -0.1) is 0 Å². The van der Waals surface area contributed by atoms with Crippen LogP contribution in [0, 0.1) is 0 Å². The molecule has 1 unspecified atom stereocenters. The summed E-state index contributed by atoms with van der Waals surface area (Å²) in [6.07, 6.45) is 4.64. The summed E-state index contributed by atoms with van der Waals surface area (Å²) in [6, 6.07) is 3.34. The van der Waals surface area contributed by atoms with Crippen molar-refractivity contribution in [1.82, 2.24) is 9.88 Å². The Labute approximate surface area is 156 Å². The molecule has 0 aromatic carbocycles. The SMILES string of the molecule is CCc1ccc(CCCCN(CCCF)CCC(N)C(=O)O)nc1NC. The van der Waals surface area contributed by atoms with Crippen LogP contribution in [0.1, 0.15) is 43.9 Å². The summed E-state index contributed by atoms with van der Waals surface area (Å²) < 4.78 is 12.5. The quantitative estimate of drug-likeness (QED) is 0.437. The number of nitrogens with zero attached hydrogens (tertiary/aromatic N) is 2. The van der Waals surface area contributed by atoms with Crippen LogP contribution in [0.4, 0.5) is 10.2 Å². The van der Waals surface area contributed by atoms with Gasteiger partial charge in [-0.05, 0) is 56.7 Å². The molecule has 7 heteroatoms. The summed E-state index contributed by atoms with van der Waals surface area (Å²) in [6.45, 7) is 3.79. The predicted octanol–water partition coefficient (Wildman–Crippen LogP) is 2.47. The van der Waals surface area contributed by atoms with Crippen molar-refractivity contribution < 1.29 is 14.3 Å². The van der Waals surface area contributed by atoms with Gasteiger partial charge in [0, 0.05) is 25.8 Å². The number of hydrogen-bond donors (Lipinski definition) is 3. The van der Waals surface area contributed by atoms with E-state index in [0.29, 0.717) is 25.9 Å². The van der Waals surface area contributed by atoms with Crippen molar-refractivity contribution in [3.05, 3.63) is 23.4 Å². The number of nitrogens with two attached hydrogens (primary N) is 1. The standard InChI is InChI=1S/C19H33FN4O2/c1-3-15-8-9-16(23-18(15)22-2)7-4-5-12-24(13-6-11-20)14-10-17(21)19(25)26/h8-9,17H,3-7,10-14,21H2,1-2H3,(H,22,23)(H,25,26). The normalized spacial score (nSPS) is 12.3. The maximum Gasteiger partial charge on any atom is 0.320 e. The highest BCUT2D eigenvalue weighted by Crippen LogP contribution is 2.15. The van der Waals surface area contributed by atoms with Crippen LogP contribution in [0.15, 0.2) is 12.1 Å². The molecule has 148 valence electrons. The Morgan fingerprint density at radius 2 is 2.04 bits per heavy atom. The largest absolute Gasteiger partial charge is 0.480 e. The summed E-state index contributed by atoms with van der Waals surface area (Å²) in [4.78, 5) is 17.6. The third-order valence-corrected chi connectivity index (χ3v) is 4.49. The zero-order valence-electron chi connectivity index (χ0n) is 16.0. The Morgan fingerprint density at radius 1 is 1.31 bits per heavy atom. The fourth-order valence-electron chi connectivity index (χ4n) is 2.87. The first kappa shape index (κ1) is 22.3. The molecule has 0 fully saturated rings. The molecule has 1 atom stereocenters. The van der Waals surface area contributed by atoms with E-state index in [9.17, 15) is 9.18 Å². The Hall–Kier alpha value is -1.73. The Kier molecular flexibility index (Phi) is 10.8. The average molecular weight is 368 g/mol. The molecule has 0 amide bonds. The van der Waals surface area contributed by atoms with Crippen LogP contribution in [0.25, 0.3) is 0 Å². The molecule has 0 radical (unpaired) electrons. The number of nitrogens with one attached hydrogen (secondary N) is 1. The number of halogens is 1. The predicted molar refractivity (Wildman–Crippen MR) is 103 cm³/mol. The van der Waals surface area contributed by atoms with Gasteiger partial charge in [0.2, 0.25) is 0 Å². The number of aliphatic carboxylic acids is 1. The van der Waals surface area contributed by atoms with E-state index in [-0.39, 0.29) is 6.67 Å². The smallest absolute Gasteiger partial charge is 0.320 e. The van der Waals surface area contributed by atoms with E-state index in [4.69, 9.17) is 10.8 Å². The van der Waals surface area contributed by atoms with Crippen LogP contribution < -0.4 is 11.1 Å². The second kappa shape index (κ2) is 12.6. The van der Waals surface area contributed by atoms with Crippen LogP contribution in [-0.2, 0) is 17.6 Å². The van der Waals surface area contributed by atoms with Crippen LogP contribution >= 0.6 is 0 Å². The summed E-state index contributed by atoms with van der Waals surface area (Å²) >= 11 is 0. The molecule has 0 bridgehead atoms. The van der Waals surface area contributed by atoms with Crippen molar-refractivity contribution in [2.24, 2.45) is 5.73 Å². The first-order valence-electron chi connectivity index (χ1n) is 9.45. The number of alkyl halides is 1. The Bertz CT molecular complexity index is 542. The summed E-state index contributed by atoms with van der Waals surface area (Å²) in [7, 11) is 1.88. The van der Waals surface area contributed by atoms with Gasteiger partial charge in [-0.3, -0.25) is 9.18 Å². The van der Waals surface area contributed by atoms with E-state index in [1.54, 1.807) is 0 Å². The topological polar surface area (TPSA) is 91.5 Å². The van der Waals surface area contributed by atoms with E-state index in [1.165, 1.54) is 5.56 Å². The number of pyridine rings is 1. The van der Waals surface area contributed by atoms with Gasteiger partial charge in [0.1, 0.15) is 11.9 Å². The van der Waals surface area contributed by atoms with Crippen molar-refractivity contribution in [2.45, 2.75) is 51.5 Å². The highest BCUT2D eigenvalue weighted by atomic mass is 19.1. The number of rotatable bonds is 14. The lowest BCUT2D eigenvalue weighted by Gasteiger charge is -2.22. The summed E-state index contributed by atoms with van der Waals surface area (Å²) in [5.41, 5.74) is 7.84. The molecular formula is C19H33FN4O2. The molecular weight excluding hydrogens is 335 g/mol. The Morgan fingerprint density at radius 3 is 2.65 bits per heavy atom. The first-order valence-corrected chi connectivity index (χ1v) is 9.45. The second-order valence-corrected chi connectivity index (χ2v) is 6.49. The first-order chi connectivity index (χ1) is 12.5. The monoisotopic (exact) mass is 368 g/mol. The van der Waals surface area contributed by atoms with E-state index < -0.39 is 12.0 Å². The molecule has 0 aliphatic rings. The van der Waals surface area contributed by atoms with Crippen LogP contribution in [0.3, 0.4) is 0 Å². The lowest BCUT2D eigenvalue weighted by atomic mass is 10.1. The number of carbonyl (C=O) groups is 1. The fraction of sp³-hybridized carbons (Fsp3) is 0.684. The van der Waals surface area contributed by atoms with Gasteiger partial charge in [0.15, 0.2) is 0 Å². The maximum absolute atomic E-state index is 12.5. The molecule has 0 saturated carbocycles. The highest BCUT2D eigenvalue weighted by Gasteiger charge is 2.13. The van der Waals surface area contributed by atoms with Crippen molar-refractivity contribution in [3.8, 4) is 0 Å². The molecule has 26 heavy (non-hydrogen) atoms. The number of hydrogen-bond acceptors (Lipinski definition) is 5. The van der Waals surface area contributed by atoms with Gasteiger partial charge in [0.05, 0.1) is 6.67 Å². The van der Waals surface area contributed by atoms with E-state index >= 15 is 0 Å². The molecule has 0 aliphatic heterocycles. The van der Waals surface area contributed by atoms with Gasteiger partial charge in [0.25, 0.3) is 0 Å². The maximum atomic E-state index is 12.5. The third kappa shape index (κ3) is 8.10. The van der Waals surface area contributed by atoms with Gasteiger partial charge < -0.3 is 21.1 Å². The van der Waals surface area contributed by atoms with Crippen LogP contribution in [-0.4, -0.2) is 60.4 Å². The number of aryl methyl sites for hydroxylation is 2. The van der Waals surface area contributed by atoms with Crippen molar-refractivity contribution in [1.29, 1.82) is 0 Å². The van der Waals surface area contributed by atoms with Crippen molar-refractivity contribution in [3.63, 3.8) is 0 Å². The molecule has 0 saturated heterocycles. The lowest BCUT2D eigenvalue weighted by molar-refractivity contribution is -0.138. The highest BCUT2D eigenvalue weighted by molar-refractivity contribution is 5.72. The molecule has 0 aliphatic carbocycles. The van der Waals surface area contributed by atoms with Gasteiger partial charge >= 0.3 is 5.97 Å². The number of carboxylic acid groups (broad SMARTS) is 1. The molecule has 1 aromatic heterocycles. The molecule has 4 N–H and O–H groups in total. The second-order valence-electron chi connectivity index (χ2n) is 6.49. The number of aromatic nitrogens is 1. The zero-order valence-corrected chi connectivity index (χ0v) is 16.0. The van der Waals surface area contributed by atoms with Gasteiger partial charge in [-0.1, -0.05) is 13.0 Å². The molecule has 1 heterocycles. The van der Waals surface area contributed by atoms with E-state index in [1.807, 2.05) is 7.05 Å². The molecule has 1 aromatic rings. The summed E-state index contributed by atoms with van der Waals surface area (Å²) in [5, 5.41) is 12.0. The van der Waals surface area contributed by atoms with Gasteiger partial charge in [-0.25, -0.2) is 4.98 Å². The molecule has 0 spiro atoms. The minimum Gasteiger partial charge on any atom is -0.480 e. The molecule has 6 nitrogen and oxygen atoms in total. The third-order valence-electron chi connectivity index (χ3n) is 4.49. The summed E-state index contributed by atoms with van der Waals surface area (Å²) in [5.74, 6) is -0.0467. The Balaban J connectivity index is 2.42. The van der Waals surface area contributed by atoms with Crippen LogP contribution in [0.2, 0.25) is 0 Å². The van der Waals surface area contributed by atoms with Crippen molar-refractivity contribution in [2.75, 3.05) is 38.7 Å². The number of carboxylic acids is 1. The van der Waals surface area contributed by atoms with Gasteiger partial charge in [-0.2, -0.15) is 0 Å². The van der Waals surface area contributed by atoms with E-state index in [2.05, 4.69) is 34.3 Å². The zero-order chi connectivity index (χ0) is 19.4. The lowest BCUT2D eigenvalue weighted by Crippen LogP contribution is -2.36. The minimum absolute atomic E-state index is 0.359. The minimum atomic E-state index is -0.989. The number of anilines is 1. The van der Waals surface area contributed by atoms with Crippen LogP contribution in [0.5, 0.6) is 0 Å².